The normalized spacial score (nSPS) is 10.9. The molecule has 0 unspecified atom stereocenters. The summed E-state index contributed by atoms with van der Waals surface area (Å²) in [7, 11) is 3.43. The Labute approximate surface area is 155 Å². The summed E-state index contributed by atoms with van der Waals surface area (Å²) < 4.78 is 12.6. The molecule has 7 nitrogen and oxygen atoms in total. The number of benzene rings is 1. The summed E-state index contributed by atoms with van der Waals surface area (Å²) in [5.41, 5.74) is 3.24. The third-order valence-electron chi connectivity index (χ3n) is 4.23. The van der Waals surface area contributed by atoms with Crippen LogP contribution in [-0.4, -0.2) is 27.8 Å². The van der Waals surface area contributed by atoms with Gasteiger partial charge in [0.15, 0.2) is 17.1 Å². The van der Waals surface area contributed by atoms with Crippen LogP contribution in [0.15, 0.2) is 59.4 Å². The van der Waals surface area contributed by atoms with E-state index >= 15 is 0 Å². The molecule has 4 aromatic rings. The number of para-hydroxylation sites is 1. The zero-order valence-corrected chi connectivity index (χ0v) is 15.0. The van der Waals surface area contributed by atoms with Crippen LogP contribution in [-0.2, 0) is 13.6 Å². The molecular formula is C20H18N4O3. The second-order valence-corrected chi connectivity index (χ2v) is 6.13. The Bertz CT molecular complexity index is 1100. The average molecular weight is 362 g/mol. The summed E-state index contributed by atoms with van der Waals surface area (Å²) in [5.74, 6) is 0.556. The summed E-state index contributed by atoms with van der Waals surface area (Å²) >= 11 is 0. The van der Waals surface area contributed by atoms with Crippen molar-refractivity contribution in [2.24, 2.45) is 7.05 Å². The predicted molar refractivity (Wildman–Crippen MR) is 100 cm³/mol. The van der Waals surface area contributed by atoms with E-state index in [-0.39, 0.29) is 11.7 Å². The lowest BCUT2D eigenvalue weighted by molar-refractivity contribution is 0.0925. The Hall–Kier alpha value is -3.61. The Morgan fingerprint density at radius 3 is 2.85 bits per heavy atom. The quantitative estimate of drug-likeness (QED) is 0.590. The maximum atomic E-state index is 12.4. The van der Waals surface area contributed by atoms with Crippen LogP contribution in [0.1, 0.15) is 16.1 Å². The van der Waals surface area contributed by atoms with E-state index in [0.717, 1.165) is 22.2 Å². The fourth-order valence-corrected chi connectivity index (χ4v) is 2.83. The molecule has 0 saturated heterocycles. The molecule has 1 N–H and O–H groups in total. The van der Waals surface area contributed by atoms with E-state index in [9.17, 15) is 4.79 Å². The van der Waals surface area contributed by atoms with E-state index < -0.39 is 0 Å². The van der Waals surface area contributed by atoms with Gasteiger partial charge < -0.3 is 14.5 Å². The first-order valence-corrected chi connectivity index (χ1v) is 8.43. The highest BCUT2D eigenvalue weighted by atomic mass is 16.5. The van der Waals surface area contributed by atoms with Crippen molar-refractivity contribution in [3.63, 3.8) is 0 Å². The number of hydrogen-bond acceptors (Lipinski definition) is 5. The van der Waals surface area contributed by atoms with Crippen LogP contribution in [0.4, 0.5) is 0 Å². The number of ether oxygens (including phenoxy) is 1. The van der Waals surface area contributed by atoms with Gasteiger partial charge in [-0.2, -0.15) is 5.10 Å². The molecule has 0 spiro atoms. The number of hydrogen-bond donors (Lipinski definition) is 1. The van der Waals surface area contributed by atoms with Gasteiger partial charge in [-0.15, -0.1) is 0 Å². The van der Waals surface area contributed by atoms with Crippen LogP contribution in [0.2, 0.25) is 0 Å². The highest BCUT2D eigenvalue weighted by Gasteiger charge is 2.14. The highest BCUT2D eigenvalue weighted by molar-refractivity contribution is 5.97. The maximum absolute atomic E-state index is 12.4. The Balaban J connectivity index is 1.44. The van der Waals surface area contributed by atoms with Crippen LogP contribution < -0.4 is 10.1 Å². The monoisotopic (exact) mass is 362 g/mol. The minimum Gasteiger partial charge on any atom is -0.493 e. The first-order valence-electron chi connectivity index (χ1n) is 8.43. The van der Waals surface area contributed by atoms with E-state index in [2.05, 4.69) is 15.4 Å². The topological polar surface area (TPSA) is 82.2 Å². The number of fused-ring (bicyclic) bond motifs is 1. The third-order valence-corrected chi connectivity index (χ3v) is 4.23. The van der Waals surface area contributed by atoms with E-state index in [4.69, 9.17) is 9.15 Å². The molecule has 0 saturated carbocycles. The summed E-state index contributed by atoms with van der Waals surface area (Å²) in [6.45, 7) is 0.354. The van der Waals surface area contributed by atoms with E-state index in [0.29, 0.717) is 17.9 Å². The molecule has 0 atom stereocenters. The third kappa shape index (κ3) is 3.39. The second kappa shape index (κ2) is 6.95. The fraction of sp³-hybridized carbons (Fsp3) is 0.150. The van der Waals surface area contributed by atoms with E-state index in [1.807, 2.05) is 37.5 Å². The number of rotatable bonds is 5. The van der Waals surface area contributed by atoms with Crippen molar-refractivity contribution in [3.8, 4) is 17.0 Å². The molecule has 4 rings (SSSR count). The molecule has 0 bridgehead atoms. The molecule has 3 aromatic heterocycles. The van der Waals surface area contributed by atoms with Crippen molar-refractivity contribution in [2.75, 3.05) is 7.11 Å². The highest BCUT2D eigenvalue weighted by Crippen LogP contribution is 2.28. The first kappa shape index (κ1) is 16.8. The van der Waals surface area contributed by atoms with Crippen LogP contribution in [0.5, 0.6) is 5.75 Å². The first-order chi connectivity index (χ1) is 13.1. The number of amides is 1. The summed E-state index contributed by atoms with van der Waals surface area (Å²) in [4.78, 5) is 16.8. The van der Waals surface area contributed by atoms with Crippen molar-refractivity contribution in [1.29, 1.82) is 0 Å². The van der Waals surface area contributed by atoms with Crippen LogP contribution >= 0.6 is 0 Å². The van der Waals surface area contributed by atoms with Crippen molar-refractivity contribution in [3.05, 3.63) is 66.3 Å². The van der Waals surface area contributed by atoms with Gasteiger partial charge in [0, 0.05) is 36.9 Å². The lowest BCUT2D eigenvalue weighted by Gasteiger charge is -2.04. The number of aromatic nitrogens is 3. The number of nitrogens with one attached hydrogen (secondary N) is 1. The Morgan fingerprint density at radius 2 is 2.15 bits per heavy atom. The molecule has 0 aliphatic heterocycles. The molecule has 7 heteroatoms. The standard InChI is InChI=1S/C20H18N4O3/c1-24-12-15(11-23-24)16-7-6-13(9-21-16)10-22-20(25)18-8-14-4-3-5-17(26-2)19(14)27-18/h3-9,11-12H,10H2,1-2H3,(H,22,25). The molecule has 1 aromatic carbocycles. The number of methoxy groups -OCH3 is 1. The molecule has 136 valence electrons. The number of furan rings is 1. The van der Waals surface area contributed by atoms with Crippen LogP contribution in [0, 0.1) is 0 Å². The predicted octanol–water partition coefficient (Wildman–Crippen LogP) is 3.17. The zero-order valence-electron chi connectivity index (χ0n) is 15.0. The molecule has 0 radical (unpaired) electrons. The molecular weight excluding hydrogens is 344 g/mol. The zero-order chi connectivity index (χ0) is 18.8. The molecule has 1 amide bonds. The fourth-order valence-electron chi connectivity index (χ4n) is 2.83. The average Bonchev–Trinajstić information content (AvgIpc) is 3.32. The Morgan fingerprint density at radius 1 is 1.26 bits per heavy atom. The van der Waals surface area contributed by atoms with Gasteiger partial charge >= 0.3 is 0 Å². The van der Waals surface area contributed by atoms with Gasteiger partial charge in [-0.1, -0.05) is 18.2 Å². The Kier molecular flexibility index (Phi) is 4.33. The van der Waals surface area contributed by atoms with Crippen LogP contribution in [0.25, 0.3) is 22.2 Å². The summed E-state index contributed by atoms with van der Waals surface area (Å²) in [6, 6.07) is 11.1. The molecule has 0 aliphatic rings. The number of nitrogens with zero attached hydrogens (tertiary/aromatic N) is 3. The summed E-state index contributed by atoms with van der Waals surface area (Å²) in [6.07, 6.45) is 5.41. The van der Waals surface area contributed by atoms with Gasteiger partial charge in [-0.25, -0.2) is 0 Å². The molecule has 0 aliphatic carbocycles. The van der Waals surface area contributed by atoms with Gasteiger partial charge in [-0.05, 0) is 23.8 Å². The van der Waals surface area contributed by atoms with Gasteiger partial charge in [0.05, 0.1) is 19.0 Å². The van der Waals surface area contributed by atoms with Crippen LogP contribution in [0.3, 0.4) is 0 Å². The van der Waals surface area contributed by atoms with Crippen molar-refractivity contribution in [1.82, 2.24) is 20.1 Å². The van der Waals surface area contributed by atoms with Gasteiger partial charge in [-0.3, -0.25) is 14.5 Å². The number of carbonyl (C=O) groups excluding carboxylic acids is 1. The van der Waals surface area contributed by atoms with E-state index in [1.165, 1.54) is 0 Å². The van der Waals surface area contributed by atoms with Gasteiger partial charge in [0.25, 0.3) is 5.91 Å². The molecule has 0 fully saturated rings. The SMILES string of the molecule is COc1cccc2cc(C(=O)NCc3ccc(-c4cnn(C)c4)nc3)oc12. The second-order valence-electron chi connectivity index (χ2n) is 6.13. The lowest BCUT2D eigenvalue weighted by Crippen LogP contribution is -2.22. The maximum Gasteiger partial charge on any atom is 0.287 e. The lowest BCUT2D eigenvalue weighted by atomic mass is 10.2. The molecule has 3 heterocycles. The number of aryl methyl sites for hydroxylation is 1. The van der Waals surface area contributed by atoms with E-state index in [1.54, 1.807) is 36.3 Å². The summed E-state index contributed by atoms with van der Waals surface area (Å²) in [5, 5.41) is 7.81. The van der Waals surface area contributed by atoms with Crippen molar-refractivity contribution in [2.45, 2.75) is 6.54 Å². The van der Waals surface area contributed by atoms with Crippen molar-refractivity contribution < 1.29 is 13.9 Å². The van der Waals surface area contributed by atoms with Crippen molar-refractivity contribution >= 4 is 16.9 Å². The smallest absolute Gasteiger partial charge is 0.287 e. The number of carbonyl (C=O) groups is 1. The largest absolute Gasteiger partial charge is 0.493 e. The van der Waals surface area contributed by atoms with Gasteiger partial charge in [0.1, 0.15) is 0 Å². The molecule has 27 heavy (non-hydrogen) atoms. The minimum absolute atomic E-state index is 0.245. The minimum atomic E-state index is -0.287. The number of pyridine rings is 1. The van der Waals surface area contributed by atoms with Gasteiger partial charge in [0.2, 0.25) is 0 Å².